The zero-order valence-electron chi connectivity index (χ0n) is 16.7. The van der Waals surface area contributed by atoms with E-state index in [-0.39, 0.29) is 5.75 Å². The number of hydrogen-bond acceptors (Lipinski definition) is 3. The van der Waals surface area contributed by atoms with Gasteiger partial charge in [-0.15, -0.1) is 11.3 Å². The maximum absolute atomic E-state index is 12.8. The number of anilines is 1. The Morgan fingerprint density at radius 2 is 1.62 bits per heavy atom. The van der Waals surface area contributed by atoms with Crippen molar-refractivity contribution < 1.29 is 18.3 Å². The highest BCUT2D eigenvalue weighted by Crippen LogP contribution is 2.34. The van der Waals surface area contributed by atoms with Crippen LogP contribution >= 0.6 is 11.3 Å². The fraction of sp³-hybridized carbons (Fsp3) is 0.318. The van der Waals surface area contributed by atoms with E-state index in [1.165, 1.54) is 23.5 Å². The molecule has 29 heavy (non-hydrogen) atoms. The van der Waals surface area contributed by atoms with Crippen LogP contribution in [0.4, 0.5) is 18.9 Å². The van der Waals surface area contributed by atoms with Gasteiger partial charge in [0.25, 0.3) is 0 Å². The molecule has 0 amide bonds. The van der Waals surface area contributed by atoms with Gasteiger partial charge in [0, 0.05) is 22.7 Å². The molecule has 3 rings (SSSR count). The van der Waals surface area contributed by atoms with Gasteiger partial charge in [0.15, 0.2) is 5.75 Å². The molecule has 0 bridgehead atoms. The van der Waals surface area contributed by atoms with Crippen LogP contribution in [0.5, 0.6) is 5.75 Å². The number of halogens is 3. The second kappa shape index (κ2) is 8.06. The van der Waals surface area contributed by atoms with E-state index in [1.54, 1.807) is 0 Å². The Balaban J connectivity index is 1.86. The molecule has 0 aliphatic carbocycles. The number of aromatic nitrogens is 1. The Morgan fingerprint density at radius 3 is 2.14 bits per heavy atom. The number of aryl methyl sites for hydroxylation is 3. The summed E-state index contributed by atoms with van der Waals surface area (Å²) >= 11 is 1.48. The highest BCUT2D eigenvalue weighted by Gasteiger charge is 2.30. The summed E-state index contributed by atoms with van der Waals surface area (Å²) < 4.78 is 38.3. The van der Waals surface area contributed by atoms with Gasteiger partial charge in [0.1, 0.15) is 5.01 Å². The summed E-state index contributed by atoms with van der Waals surface area (Å²) in [5.41, 5.74) is 3.26. The van der Waals surface area contributed by atoms with Gasteiger partial charge in [0.2, 0.25) is 0 Å². The molecule has 0 N–H and O–H groups in total. The normalized spacial score (nSPS) is 11.7. The number of thiazole rings is 1. The van der Waals surface area contributed by atoms with Gasteiger partial charge in [0.05, 0.1) is 17.8 Å². The third-order valence-corrected chi connectivity index (χ3v) is 6.07. The third-order valence-electron chi connectivity index (χ3n) is 4.88. The van der Waals surface area contributed by atoms with E-state index in [0.717, 1.165) is 34.9 Å². The lowest BCUT2D eigenvalue weighted by Gasteiger charge is -2.23. The van der Waals surface area contributed by atoms with Gasteiger partial charge >= 0.3 is 6.18 Å². The van der Waals surface area contributed by atoms with Crippen molar-refractivity contribution in [2.75, 3.05) is 11.4 Å². The van der Waals surface area contributed by atoms with Crippen LogP contribution in [0.3, 0.4) is 0 Å². The molecule has 2 aromatic carbocycles. The molecule has 0 aliphatic heterocycles. The smallest absolute Gasteiger partial charge is 0.367 e. The van der Waals surface area contributed by atoms with Gasteiger partial charge in [-0.2, -0.15) is 13.2 Å². The number of alkyl halides is 3. The van der Waals surface area contributed by atoms with Crippen LogP contribution in [-0.2, 0) is 17.8 Å². The zero-order chi connectivity index (χ0) is 21.3. The molecule has 1 heterocycles. The lowest BCUT2D eigenvalue weighted by Crippen LogP contribution is -2.22. The first-order valence-electron chi connectivity index (χ1n) is 9.27. The Morgan fingerprint density at radius 1 is 1.03 bits per heavy atom. The molecular weight excluding hydrogens is 397 g/mol. The summed E-state index contributed by atoms with van der Waals surface area (Å²) in [7, 11) is 0. The van der Waals surface area contributed by atoms with E-state index in [1.807, 2.05) is 39.8 Å². The standard InChI is InChI=1S/C22H22F3N2OS/c1-5-27(18-10-13(2)20(28)14(3)11-18)12-19-15(4)26-21(29-19)16-6-8-17(9-7-16)22(23,24)25/h6-11H,5,12H2,1-4H3. The minimum atomic E-state index is -4.35. The Labute approximate surface area is 172 Å². The number of benzene rings is 2. The van der Waals surface area contributed by atoms with Crippen LogP contribution in [0.2, 0.25) is 0 Å². The van der Waals surface area contributed by atoms with E-state index in [4.69, 9.17) is 0 Å². The number of hydrogen-bond donors (Lipinski definition) is 0. The van der Waals surface area contributed by atoms with Crippen molar-refractivity contribution in [3.8, 4) is 16.3 Å². The van der Waals surface area contributed by atoms with E-state index >= 15 is 0 Å². The first-order chi connectivity index (χ1) is 13.6. The SMILES string of the molecule is CCN(Cc1sc(-c2ccc(C(F)(F)F)cc2)nc1C)c1cc(C)c([O])c(C)c1. The second-order valence-electron chi connectivity index (χ2n) is 7.03. The predicted molar refractivity (Wildman–Crippen MR) is 110 cm³/mol. The highest BCUT2D eigenvalue weighted by atomic mass is 32.1. The first kappa shape index (κ1) is 21.2. The monoisotopic (exact) mass is 419 g/mol. The first-order valence-corrected chi connectivity index (χ1v) is 10.1. The maximum atomic E-state index is 12.8. The van der Waals surface area contributed by atoms with Crippen molar-refractivity contribution >= 4 is 17.0 Å². The molecule has 0 saturated heterocycles. The van der Waals surface area contributed by atoms with Crippen LogP contribution in [0.25, 0.3) is 10.6 Å². The predicted octanol–water partition coefficient (Wildman–Crippen LogP) is 6.92. The molecule has 0 spiro atoms. The van der Waals surface area contributed by atoms with Gasteiger partial charge in [-0.05, 0) is 63.1 Å². The molecule has 7 heteroatoms. The van der Waals surface area contributed by atoms with Crippen molar-refractivity contribution in [2.45, 2.75) is 40.4 Å². The molecule has 1 radical (unpaired) electrons. The van der Waals surface area contributed by atoms with E-state index in [9.17, 15) is 18.3 Å². The Kier molecular flexibility index (Phi) is 5.89. The van der Waals surface area contributed by atoms with Crippen molar-refractivity contribution in [3.05, 3.63) is 63.7 Å². The average Bonchev–Trinajstić information content (AvgIpc) is 3.03. The van der Waals surface area contributed by atoms with E-state index in [0.29, 0.717) is 28.2 Å². The van der Waals surface area contributed by atoms with Gasteiger partial charge in [-0.25, -0.2) is 4.98 Å². The summed E-state index contributed by atoms with van der Waals surface area (Å²) in [4.78, 5) is 7.77. The maximum Gasteiger partial charge on any atom is 0.416 e. The third kappa shape index (κ3) is 4.56. The van der Waals surface area contributed by atoms with Crippen LogP contribution in [-0.4, -0.2) is 11.5 Å². The van der Waals surface area contributed by atoms with Gasteiger partial charge in [-0.3, -0.25) is 5.11 Å². The highest BCUT2D eigenvalue weighted by molar-refractivity contribution is 7.15. The lowest BCUT2D eigenvalue weighted by atomic mass is 10.1. The molecule has 3 aromatic rings. The molecule has 0 atom stereocenters. The average molecular weight is 419 g/mol. The minimum absolute atomic E-state index is 0.0587. The zero-order valence-corrected chi connectivity index (χ0v) is 17.5. The molecule has 1 aromatic heterocycles. The summed E-state index contributed by atoms with van der Waals surface area (Å²) in [5, 5.41) is 12.7. The van der Waals surface area contributed by atoms with E-state index < -0.39 is 11.7 Å². The molecule has 0 fully saturated rings. The molecule has 0 aliphatic rings. The fourth-order valence-corrected chi connectivity index (χ4v) is 4.25. The molecule has 153 valence electrons. The molecule has 0 saturated carbocycles. The van der Waals surface area contributed by atoms with Crippen molar-refractivity contribution in [3.63, 3.8) is 0 Å². The second-order valence-corrected chi connectivity index (χ2v) is 8.11. The number of nitrogens with zero attached hydrogens (tertiary/aromatic N) is 2. The minimum Gasteiger partial charge on any atom is -0.367 e. The van der Waals surface area contributed by atoms with E-state index in [2.05, 4.69) is 9.88 Å². The number of rotatable bonds is 5. The van der Waals surface area contributed by atoms with Crippen molar-refractivity contribution in [1.82, 2.24) is 4.98 Å². The fourth-order valence-electron chi connectivity index (χ4n) is 3.17. The Hall–Kier alpha value is -2.54. The van der Waals surface area contributed by atoms with Gasteiger partial charge in [-0.1, -0.05) is 12.1 Å². The van der Waals surface area contributed by atoms with Gasteiger partial charge < -0.3 is 4.90 Å². The topological polar surface area (TPSA) is 36.0 Å². The summed E-state index contributed by atoms with van der Waals surface area (Å²) in [6.45, 7) is 8.95. The molecule has 3 nitrogen and oxygen atoms in total. The van der Waals surface area contributed by atoms with Crippen molar-refractivity contribution in [2.24, 2.45) is 0 Å². The summed E-state index contributed by atoms with van der Waals surface area (Å²) in [5.74, 6) is 0.0587. The van der Waals surface area contributed by atoms with Crippen LogP contribution in [0, 0.1) is 20.8 Å². The summed E-state index contributed by atoms with van der Waals surface area (Å²) in [6.07, 6.45) is -4.35. The quantitative estimate of drug-likeness (QED) is 0.450. The largest absolute Gasteiger partial charge is 0.416 e. The lowest BCUT2D eigenvalue weighted by molar-refractivity contribution is -0.137. The van der Waals surface area contributed by atoms with Crippen LogP contribution < -0.4 is 4.90 Å². The van der Waals surface area contributed by atoms with Crippen molar-refractivity contribution in [1.29, 1.82) is 0 Å². The molecule has 0 unspecified atom stereocenters. The molecular formula is C22H22F3N2OS. The van der Waals surface area contributed by atoms with Crippen LogP contribution in [0.15, 0.2) is 36.4 Å². The van der Waals surface area contributed by atoms with Crippen LogP contribution in [0.1, 0.15) is 34.2 Å². The Bertz CT molecular complexity index is 987. The summed E-state index contributed by atoms with van der Waals surface area (Å²) in [6, 6.07) is 8.88.